The summed E-state index contributed by atoms with van der Waals surface area (Å²) >= 11 is 0. The van der Waals surface area contributed by atoms with Crippen molar-refractivity contribution in [3.8, 4) is 0 Å². The van der Waals surface area contributed by atoms with Crippen molar-refractivity contribution in [2.75, 3.05) is 26.1 Å². The van der Waals surface area contributed by atoms with E-state index in [1.54, 1.807) is 0 Å². The number of methoxy groups -OCH3 is 1. The summed E-state index contributed by atoms with van der Waals surface area (Å²) in [6, 6.07) is 7.17. The van der Waals surface area contributed by atoms with Gasteiger partial charge in [-0.3, -0.25) is 4.79 Å². The van der Waals surface area contributed by atoms with Gasteiger partial charge < -0.3 is 15.0 Å². The monoisotopic (exact) mass is 264 g/mol. The molecule has 0 heterocycles. The number of ether oxygens (including phenoxy) is 1. The van der Waals surface area contributed by atoms with Crippen LogP contribution in [0, 0.1) is 0 Å². The molecule has 1 N–H and O–H groups in total. The minimum absolute atomic E-state index is 0.250. The number of rotatable bonds is 5. The van der Waals surface area contributed by atoms with Crippen LogP contribution in [-0.4, -0.2) is 39.1 Å². The van der Waals surface area contributed by atoms with Crippen LogP contribution in [0.5, 0.6) is 0 Å². The number of nitrogens with zero attached hydrogens (tertiary/aromatic N) is 1. The zero-order valence-electron chi connectivity index (χ0n) is 11.8. The third kappa shape index (κ3) is 4.62. The molecule has 1 aromatic carbocycles. The predicted molar refractivity (Wildman–Crippen MR) is 74.1 cm³/mol. The minimum atomic E-state index is -0.646. The third-order valence-electron chi connectivity index (χ3n) is 2.76. The fraction of sp³-hybridized carbons (Fsp3) is 0.429. The molecule has 1 rings (SSSR count). The highest BCUT2D eigenvalue weighted by atomic mass is 16.5. The largest absolute Gasteiger partial charge is 0.467 e. The Morgan fingerprint density at radius 1 is 1.26 bits per heavy atom. The Kier molecular flexibility index (Phi) is 5.36. The second-order valence-electron chi connectivity index (χ2n) is 4.54. The number of nitrogens with one attached hydrogen (secondary N) is 1. The number of hydrogen-bond acceptors (Lipinski definition) is 4. The van der Waals surface area contributed by atoms with Gasteiger partial charge in [0, 0.05) is 33.1 Å². The fourth-order valence-corrected chi connectivity index (χ4v) is 1.75. The topological polar surface area (TPSA) is 58.6 Å². The summed E-state index contributed by atoms with van der Waals surface area (Å²) in [5, 5.41) is 2.59. The molecule has 104 valence electrons. The van der Waals surface area contributed by atoms with Crippen LogP contribution in [0.3, 0.4) is 0 Å². The van der Waals surface area contributed by atoms with E-state index in [0.29, 0.717) is 6.42 Å². The molecule has 0 fully saturated rings. The van der Waals surface area contributed by atoms with E-state index in [-0.39, 0.29) is 5.91 Å². The molecule has 5 heteroatoms. The second kappa shape index (κ2) is 6.78. The smallest absolute Gasteiger partial charge is 0.328 e. The van der Waals surface area contributed by atoms with Gasteiger partial charge in [-0.25, -0.2) is 4.79 Å². The summed E-state index contributed by atoms with van der Waals surface area (Å²) in [5.41, 5.74) is 2.05. The lowest BCUT2D eigenvalue weighted by atomic mass is 10.1. The molecule has 1 atom stereocenters. The molecular formula is C14H20N2O3. The van der Waals surface area contributed by atoms with Crippen LogP contribution in [-0.2, 0) is 20.7 Å². The van der Waals surface area contributed by atoms with E-state index in [4.69, 9.17) is 0 Å². The van der Waals surface area contributed by atoms with Gasteiger partial charge in [0.05, 0.1) is 7.11 Å². The lowest BCUT2D eigenvalue weighted by molar-refractivity contribution is -0.144. The van der Waals surface area contributed by atoms with E-state index in [9.17, 15) is 9.59 Å². The molecule has 1 amide bonds. The quantitative estimate of drug-likeness (QED) is 0.805. The SMILES string of the molecule is COC(=O)[C@@H](Cc1ccc(N(C)C)cc1)NC(C)=O. The van der Waals surface area contributed by atoms with E-state index in [2.05, 4.69) is 10.1 Å². The van der Waals surface area contributed by atoms with Gasteiger partial charge in [0.15, 0.2) is 0 Å². The van der Waals surface area contributed by atoms with Crippen molar-refractivity contribution in [3.05, 3.63) is 29.8 Å². The van der Waals surface area contributed by atoms with Crippen molar-refractivity contribution in [1.29, 1.82) is 0 Å². The van der Waals surface area contributed by atoms with E-state index in [0.717, 1.165) is 11.3 Å². The van der Waals surface area contributed by atoms with E-state index in [1.807, 2.05) is 43.3 Å². The van der Waals surface area contributed by atoms with Gasteiger partial charge in [0.25, 0.3) is 0 Å². The molecule has 0 radical (unpaired) electrons. The molecule has 19 heavy (non-hydrogen) atoms. The van der Waals surface area contributed by atoms with E-state index >= 15 is 0 Å². The fourth-order valence-electron chi connectivity index (χ4n) is 1.75. The molecule has 0 saturated heterocycles. The zero-order chi connectivity index (χ0) is 14.4. The lowest BCUT2D eigenvalue weighted by Crippen LogP contribution is -2.41. The van der Waals surface area contributed by atoms with Crippen molar-refractivity contribution < 1.29 is 14.3 Å². The Morgan fingerprint density at radius 3 is 2.26 bits per heavy atom. The Balaban J connectivity index is 2.78. The van der Waals surface area contributed by atoms with Crippen LogP contribution < -0.4 is 10.2 Å². The maximum Gasteiger partial charge on any atom is 0.328 e. The van der Waals surface area contributed by atoms with Crippen molar-refractivity contribution in [2.24, 2.45) is 0 Å². The van der Waals surface area contributed by atoms with Gasteiger partial charge >= 0.3 is 5.97 Å². The van der Waals surface area contributed by atoms with Crippen LogP contribution in [0.2, 0.25) is 0 Å². The number of anilines is 1. The highest BCUT2D eigenvalue weighted by molar-refractivity contribution is 5.83. The molecule has 0 unspecified atom stereocenters. The Labute approximate surface area is 113 Å². The number of amides is 1. The van der Waals surface area contributed by atoms with E-state index in [1.165, 1.54) is 14.0 Å². The van der Waals surface area contributed by atoms with Gasteiger partial charge in [0.1, 0.15) is 6.04 Å². The standard InChI is InChI=1S/C14H20N2O3/c1-10(17)15-13(14(18)19-4)9-11-5-7-12(8-6-11)16(2)3/h5-8,13H,9H2,1-4H3,(H,15,17)/t13-/m1/s1. The maximum absolute atomic E-state index is 11.6. The highest BCUT2D eigenvalue weighted by Gasteiger charge is 2.20. The number of hydrogen-bond donors (Lipinski definition) is 1. The number of benzene rings is 1. The number of carbonyl (C=O) groups is 2. The van der Waals surface area contributed by atoms with Crippen LogP contribution in [0.25, 0.3) is 0 Å². The molecule has 0 aliphatic heterocycles. The predicted octanol–water partition coefficient (Wildman–Crippen LogP) is 0.973. The average Bonchev–Trinajstić information content (AvgIpc) is 2.37. The summed E-state index contributed by atoms with van der Waals surface area (Å²) in [5.74, 6) is -0.688. The summed E-state index contributed by atoms with van der Waals surface area (Å²) < 4.78 is 4.69. The average molecular weight is 264 g/mol. The third-order valence-corrected chi connectivity index (χ3v) is 2.76. The first-order valence-electron chi connectivity index (χ1n) is 6.05. The normalized spacial score (nSPS) is 11.6. The van der Waals surface area contributed by atoms with Crippen molar-refractivity contribution >= 4 is 17.6 Å². The Morgan fingerprint density at radius 2 is 1.84 bits per heavy atom. The van der Waals surface area contributed by atoms with Crippen LogP contribution in [0.15, 0.2) is 24.3 Å². The molecule has 1 aromatic rings. The molecule has 0 spiro atoms. The second-order valence-corrected chi connectivity index (χ2v) is 4.54. The van der Waals surface area contributed by atoms with Crippen molar-refractivity contribution in [1.82, 2.24) is 5.32 Å². The van der Waals surface area contributed by atoms with Gasteiger partial charge in [0.2, 0.25) is 5.91 Å². The maximum atomic E-state index is 11.6. The van der Waals surface area contributed by atoms with Crippen molar-refractivity contribution in [2.45, 2.75) is 19.4 Å². The molecule has 0 saturated carbocycles. The zero-order valence-corrected chi connectivity index (χ0v) is 11.8. The van der Waals surface area contributed by atoms with Gasteiger partial charge in [-0.15, -0.1) is 0 Å². The minimum Gasteiger partial charge on any atom is -0.467 e. The molecular weight excluding hydrogens is 244 g/mol. The van der Waals surface area contributed by atoms with Gasteiger partial charge in [-0.2, -0.15) is 0 Å². The summed E-state index contributed by atoms with van der Waals surface area (Å²) in [4.78, 5) is 24.7. The first-order valence-corrected chi connectivity index (χ1v) is 6.05. The lowest BCUT2D eigenvalue weighted by Gasteiger charge is -2.17. The van der Waals surface area contributed by atoms with Crippen LogP contribution >= 0.6 is 0 Å². The number of carbonyl (C=O) groups excluding carboxylic acids is 2. The van der Waals surface area contributed by atoms with Crippen molar-refractivity contribution in [3.63, 3.8) is 0 Å². The van der Waals surface area contributed by atoms with Gasteiger partial charge in [-0.1, -0.05) is 12.1 Å². The summed E-state index contributed by atoms with van der Waals surface area (Å²) in [6.07, 6.45) is 0.417. The summed E-state index contributed by atoms with van der Waals surface area (Å²) in [7, 11) is 5.24. The van der Waals surface area contributed by atoms with Gasteiger partial charge in [-0.05, 0) is 17.7 Å². The van der Waals surface area contributed by atoms with E-state index < -0.39 is 12.0 Å². The van der Waals surface area contributed by atoms with Crippen LogP contribution in [0.4, 0.5) is 5.69 Å². The van der Waals surface area contributed by atoms with Crippen LogP contribution in [0.1, 0.15) is 12.5 Å². The molecule has 0 aliphatic carbocycles. The Bertz CT molecular complexity index is 441. The highest BCUT2D eigenvalue weighted by Crippen LogP contribution is 2.13. The molecule has 0 aliphatic rings. The molecule has 5 nitrogen and oxygen atoms in total. The molecule has 0 aromatic heterocycles. The first kappa shape index (κ1) is 15.0. The number of esters is 1. The molecule has 0 bridgehead atoms. The first-order chi connectivity index (χ1) is 8.93. The Hall–Kier alpha value is -2.04. The summed E-state index contributed by atoms with van der Waals surface area (Å²) in [6.45, 7) is 1.38.